The minimum absolute atomic E-state index is 0.889. The minimum Gasteiger partial charge on any atom is -0.342 e. The van der Waals surface area contributed by atoms with Crippen LogP contribution >= 0.6 is 12.6 Å². The van der Waals surface area contributed by atoms with Crippen molar-refractivity contribution in [3.63, 3.8) is 0 Å². The van der Waals surface area contributed by atoms with Crippen LogP contribution in [-0.2, 0) is 12.8 Å². The first-order valence-corrected chi connectivity index (χ1v) is 5.55. The van der Waals surface area contributed by atoms with Crippen LogP contribution in [0.3, 0.4) is 0 Å². The average Bonchev–Trinajstić information content (AvgIpc) is 2.60. The Bertz CT molecular complexity index is 434. The van der Waals surface area contributed by atoms with Gasteiger partial charge in [-0.2, -0.15) is 12.6 Å². The lowest BCUT2D eigenvalue weighted by atomic mass is 10.1. The molecule has 0 spiro atoms. The number of aromatic nitrogens is 2. The average molecular weight is 206 g/mol. The summed E-state index contributed by atoms with van der Waals surface area (Å²) < 4.78 is 0. The highest BCUT2D eigenvalue weighted by Crippen LogP contribution is 2.14. The van der Waals surface area contributed by atoms with E-state index in [0.29, 0.717) is 0 Å². The molecule has 2 nitrogen and oxygen atoms in total. The molecule has 0 aliphatic rings. The number of aryl methyl sites for hydroxylation is 2. The number of thiol groups is 1. The third-order valence-corrected chi connectivity index (χ3v) is 2.55. The van der Waals surface area contributed by atoms with Crippen molar-refractivity contribution in [3.8, 4) is 0 Å². The molecule has 0 radical (unpaired) electrons. The lowest BCUT2D eigenvalue weighted by Crippen LogP contribution is -1.85. The second-order valence-electron chi connectivity index (χ2n) is 3.36. The van der Waals surface area contributed by atoms with Gasteiger partial charge >= 0.3 is 0 Å². The fraction of sp³-hybridized carbons (Fsp3) is 0.364. The van der Waals surface area contributed by atoms with Gasteiger partial charge in [-0.3, -0.25) is 0 Å². The Labute approximate surface area is 89.2 Å². The molecule has 1 aromatic heterocycles. The molecule has 0 saturated heterocycles. The van der Waals surface area contributed by atoms with Gasteiger partial charge < -0.3 is 4.98 Å². The molecule has 0 bridgehead atoms. The van der Waals surface area contributed by atoms with Crippen LogP contribution < -0.4 is 0 Å². The molecule has 0 fully saturated rings. The summed E-state index contributed by atoms with van der Waals surface area (Å²) in [4.78, 5) is 7.77. The normalized spacial score (nSPS) is 11.0. The van der Waals surface area contributed by atoms with E-state index in [1.165, 1.54) is 5.56 Å². The Morgan fingerprint density at radius 1 is 1.43 bits per heavy atom. The summed E-state index contributed by atoms with van der Waals surface area (Å²) in [5, 5.41) is 0. The van der Waals surface area contributed by atoms with Gasteiger partial charge in [0, 0.05) is 6.42 Å². The van der Waals surface area contributed by atoms with Gasteiger partial charge in [0.2, 0.25) is 0 Å². The topological polar surface area (TPSA) is 28.7 Å². The standard InChI is InChI=1S/C11H14N2S/c1-2-11-12-9-4-3-8(5-6-14)7-10(9)13-11/h3-4,7,14H,2,5-6H2,1H3,(H,12,13). The maximum Gasteiger partial charge on any atom is 0.106 e. The third kappa shape index (κ3) is 1.77. The third-order valence-electron chi connectivity index (χ3n) is 2.33. The second kappa shape index (κ2) is 4.05. The minimum atomic E-state index is 0.889. The number of fused-ring (bicyclic) bond motifs is 1. The molecule has 3 heteroatoms. The molecule has 74 valence electrons. The Morgan fingerprint density at radius 3 is 3.00 bits per heavy atom. The Morgan fingerprint density at radius 2 is 2.29 bits per heavy atom. The van der Waals surface area contributed by atoms with Crippen molar-refractivity contribution in [2.75, 3.05) is 5.75 Å². The monoisotopic (exact) mass is 206 g/mol. The zero-order valence-corrected chi connectivity index (χ0v) is 9.14. The van der Waals surface area contributed by atoms with Gasteiger partial charge in [-0.05, 0) is 29.9 Å². The number of H-pyrrole nitrogens is 1. The van der Waals surface area contributed by atoms with E-state index in [9.17, 15) is 0 Å². The molecular formula is C11H14N2S. The molecule has 0 amide bonds. The molecule has 2 aromatic rings. The van der Waals surface area contributed by atoms with Gasteiger partial charge in [-0.25, -0.2) is 4.98 Å². The van der Waals surface area contributed by atoms with E-state index in [4.69, 9.17) is 0 Å². The van der Waals surface area contributed by atoms with Crippen molar-refractivity contribution in [1.82, 2.24) is 9.97 Å². The second-order valence-corrected chi connectivity index (χ2v) is 3.81. The number of benzene rings is 1. The Balaban J connectivity index is 2.43. The predicted octanol–water partition coefficient (Wildman–Crippen LogP) is 2.60. The van der Waals surface area contributed by atoms with Crippen molar-refractivity contribution in [1.29, 1.82) is 0 Å². The number of rotatable bonds is 3. The van der Waals surface area contributed by atoms with Crippen molar-refractivity contribution >= 4 is 23.7 Å². The molecule has 0 aliphatic carbocycles. The van der Waals surface area contributed by atoms with Crippen LogP contribution in [0.25, 0.3) is 11.0 Å². The summed E-state index contributed by atoms with van der Waals surface area (Å²) in [5.74, 6) is 1.95. The van der Waals surface area contributed by atoms with Gasteiger partial charge in [0.15, 0.2) is 0 Å². The van der Waals surface area contributed by atoms with Crippen LogP contribution in [0.4, 0.5) is 0 Å². The first kappa shape index (κ1) is 9.59. The molecule has 0 atom stereocenters. The van der Waals surface area contributed by atoms with E-state index >= 15 is 0 Å². The van der Waals surface area contributed by atoms with Gasteiger partial charge in [0.05, 0.1) is 11.0 Å². The summed E-state index contributed by atoms with van der Waals surface area (Å²) in [5.41, 5.74) is 3.52. The lowest BCUT2D eigenvalue weighted by Gasteiger charge is -1.96. The Hall–Kier alpha value is -0.960. The van der Waals surface area contributed by atoms with E-state index in [2.05, 4.69) is 47.7 Å². The van der Waals surface area contributed by atoms with E-state index in [1.54, 1.807) is 0 Å². The summed E-state index contributed by atoms with van der Waals surface area (Å²) >= 11 is 4.22. The van der Waals surface area contributed by atoms with Crippen molar-refractivity contribution in [3.05, 3.63) is 29.6 Å². The molecule has 14 heavy (non-hydrogen) atoms. The van der Waals surface area contributed by atoms with Gasteiger partial charge in [-0.15, -0.1) is 0 Å². The SMILES string of the molecule is CCc1nc2ccc(CCS)cc2[nH]1. The summed E-state index contributed by atoms with van der Waals surface area (Å²) in [6.07, 6.45) is 1.97. The smallest absolute Gasteiger partial charge is 0.106 e. The van der Waals surface area contributed by atoms with Crippen molar-refractivity contribution in [2.24, 2.45) is 0 Å². The fourth-order valence-corrected chi connectivity index (χ4v) is 1.82. The van der Waals surface area contributed by atoms with Gasteiger partial charge in [0.1, 0.15) is 5.82 Å². The largest absolute Gasteiger partial charge is 0.342 e. The van der Waals surface area contributed by atoms with E-state index < -0.39 is 0 Å². The molecule has 1 heterocycles. The number of aromatic amines is 1. The predicted molar refractivity (Wildman–Crippen MR) is 63.0 cm³/mol. The quantitative estimate of drug-likeness (QED) is 0.742. The van der Waals surface area contributed by atoms with Gasteiger partial charge in [0.25, 0.3) is 0 Å². The van der Waals surface area contributed by atoms with E-state index in [-0.39, 0.29) is 0 Å². The molecule has 0 unspecified atom stereocenters. The van der Waals surface area contributed by atoms with Crippen molar-refractivity contribution < 1.29 is 0 Å². The highest BCUT2D eigenvalue weighted by molar-refractivity contribution is 7.80. The number of nitrogens with one attached hydrogen (secondary N) is 1. The number of hydrogen-bond acceptors (Lipinski definition) is 2. The first-order valence-electron chi connectivity index (χ1n) is 4.92. The summed E-state index contributed by atoms with van der Waals surface area (Å²) in [6, 6.07) is 6.36. The van der Waals surface area contributed by atoms with E-state index in [1.807, 2.05) is 0 Å². The van der Waals surface area contributed by atoms with Crippen LogP contribution in [0, 0.1) is 0 Å². The van der Waals surface area contributed by atoms with Crippen LogP contribution in [-0.4, -0.2) is 15.7 Å². The highest BCUT2D eigenvalue weighted by Gasteiger charge is 2.01. The summed E-state index contributed by atoms with van der Waals surface area (Å²) in [7, 11) is 0. The Kier molecular flexibility index (Phi) is 2.77. The molecule has 0 saturated carbocycles. The summed E-state index contributed by atoms with van der Waals surface area (Å²) in [6.45, 7) is 2.10. The maximum absolute atomic E-state index is 4.46. The highest BCUT2D eigenvalue weighted by atomic mass is 32.1. The molecule has 1 aromatic carbocycles. The number of hydrogen-bond donors (Lipinski definition) is 2. The van der Waals surface area contributed by atoms with Crippen LogP contribution in [0.1, 0.15) is 18.3 Å². The first-order chi connectivity index (χ1) is 6.83. The fourth-order valence-electron chi connectivity index (χ4n) is 1.56. The molecule has 0 aliphatic heterocycles. The zero-order valence-electron chi connectivity index (χ0n) is 8.25. The lowest BCUT2D eigenvalue weighted by molar-refractivity contribution is 1.00. The number of imidazole rings is 1. The number of nitrogens with zero attached hydrogens (tertiary/aromatic N) is 1. The van der Waals surface area contributed by atoms with E-state index in [0.717, 1.165) is 35.5 Å². The van der Waals surface area contributed by atoms with Crippen LogP contribution in [0.15, 0.2) is 18.2 Å². The van der Waals surface area contributed by atoms with Crippen molar-refractivity contribution in [2.45, 2.75) is 19.8 Å². The van der Waals surface area contributed by atoms with Crippen LogP contribution in [0.5, 0.6) is 0 Å². The van der Waals surface area contributed by atoms with Crippen LogP contribution in [0.2, 0.25) is 0 Å². The maximum atomic E-state index is 4.46. The van der Waals surface area contributed by atoms with Gasteiger partial charge in [-0.1, -0.05) is 13.0 Å². The molecule has 1 N–H and O–H groups in total. The molecule has 2 rings (SSSR count). The molecular weight excluding hydrogens is 192 g/mol. The zero-order chi connectivity index (χ0) is 9.97.